The van der Waals surface area contributed by atoms with Crippen LogP contribution in [0.1, 0.15) is 6.42 Å². The molecule has 3 rings (SSSR count). The Morgan fingerprint density at radius 2 is 1.87 bits per heavy atom. The van der Waals surface area contributed by atoms with Crippen molar-refractivity contribution in [3.05, 3.63) is 54.1 Å². The third-order valence-corrected chi connectivity index (χ3v) is 6.41. The third-order valence-electron chi connectivity index (χ3n) is 4.71. The van der Waals surface area contributed by atoms with Gasteiger partial charge in [0.15, 0.2) is 0 Å². The van der Waals surface area contributed by atoms with Crippen LogP contribution in [0.2, 0.25) is 0 Å². The van der Waals surface area contributed by atoms with Gasteiger partial charge in [0.25, 0.3) is 10.0 Å². The monoisotopic (exact) mass is 439 g/mol. The van der Waals surface area contributed by atoms with Gasteiger partial charge in [-0.3, -0.25) is 14.4 Å². The zero-order chi connectivity index (χ0) is 22.1. The molecule has 1 unspecified atom stereocenters. The van der Waals surface area contributed by atoms with Crippen LogP contribution in [0.3, 0.4) is 0 Å². The van der Waals surface area contributed by atoms with E-state index in [-0.39, 0.29) is 23.5 Å². The molecule has 2 aromatic rings. The molecule has 0 saturated carbocycles. The number of hydrogen-bond acceptors (Lipinski definition) is 5. The first-order valence-electron chi connectivity index (χ1n) is 8.83. The predicted molar refractivity (Wildman–Crippen MR) is 104 cm³/mol. The number of hydroxylamine groups is 1. The lowest BCUT2D eigenvalue weighted by atomic mass is 10.1. The van der Waals surface area contributed by atoms with Crippen LogP contribution in [-0.4, -0.2) is 45.4 Å². The highest BCUT2D eigenvalue weighted by molar-refractivity contribution is 7.89. The molecule has 1 N–H and O–H groups in total. The molecule has 1 saturated heterocycles. The van der Waals surface area contributed by atoms with Crippen molar-refractivity contribution in [3.8, 4) is 0 Å². The Kier molecular flexibility index (Phi) is 6.15. The number of sulfonamides is 1. The maximum atomic E-state index is 14.0. The van der Waals surface area contributed by atoms with Gasteiger partial charge < -0.3 is 10.2 Å². The van der Waals surface area contributed by atoms with E-state index in [1.54, 1.807) is 0 Å². The molecule has 160 valence electrons. The number of amides is 2. The van der Waals surface area contributed by atoms with E-state index in [0.29, 0.717) is 16.2 Å². The van der Waals surface area contributed by atoms with E-state index in [2.05, 4.69) is 5.32 Å². The van der Waals surface area contributed by atoms with E-state index in [1.165, 1.54) is 38.4 Å². The molecule has 0 spiro atoms. The first-order chi connectivity index (χ1) is 14.1. The smallest absolute Gasteiger partial charge is 0.264 e. The van der Waals surface area contributed by atoms with Crippen LogP contribution in [0.15, 0.2) is 47.4 Å². The number of nitrogens with one attached hydrogen (secondary N) is 1. The van der Waals surface area contributed by atoms with Gasteiger partial charge in [0.1, 0.15) is 11.6 Å². The van der Waals surface area contributed by atoms with Crippen LogP contribution in [0.5, 0.6) is 0 Å². The lowest BCUT2D eigenvalue weighted by molar-refractivity contribution is -0.122. The maximum Gasteiger partial charge on any atom is 0.264 e. The van der Waals surface area contributed by atoms with Crippen LogP contribution in [0.4, 0.5) is 20.2 Å². The Bertz CT molecular complexity index is 1080. The van der Waals surface area contributed by atoms with Crippen molar-refractivity contribution in [2.24, 2.45) is 5.92 Å². The first kappa shape index (κ1) is 21.8. The Labute approximate surface area is 172 Å². The van der Waals surface area contributed by atoms with E-state index in [1.807, 2.05) is 0 Å². The summed E-state index contributed by atoms with van der Waals surface area (Å²) < 4.78 is 52.1. The van der Waals surface area contributed by atoms with Crippen molar-refractivity contribution in [2.45, 2.75) is 11.3 Å². The predicted octanol–water partition coefficient (Wildman–Crippen LogP) is 2.14. The lowest BCUT2D eigenvalue weighted by Gasteiger charge is -2.17. The molecular weight excluding hydrogens is 420 g/mol. The highest BCUT2D eigenvalue weighted by Crippen LogP contribution is 2.28. The molecule has 0 aromatic heterocycles. The minimum Gasteiger partial charge on any atom is -0.326 e. The van der Waals surface area contributed by atoms with Gasteiger partial charge in [0, 0.05) is 31.8 Å². The van der Waals surface area contributed by atoms with Crippen LogP contribution in [0, 0.1) is 17.6 Å². The first-order valence-corrected chi connectivity index (χ1v) is 10.3. The van der Waals surface area contributed by atoms with E-state index in [0.717, 1.165) is 17.0 Å². The van der Waals surface area contributed by atoms with Gasteiger partial charge in [0.05, 0.1) is 23.6 Å². The van der Waals surface area contributed by atoms with E-state index in [9.17, 15) is 26.8 Å². The summed E-state index contributed by atoms with van der Waals surface area (Å²) >= 11 is 0. The van der Waals surface area contributed by atoms with E-state index >= 15 is 0 Å². The molecule has 1 heterocycles. The fraction of sp³-hybridized carbons (Fsp3) is 0.263. The summed E-state index contributed by atoms with van der Waals surface area (Å²) in [6, 6.07) is 8.28. The molecule has 8 nitrogen and oxygen atoms in total. The third kappa shape index (κ3) is 4.32. The maximum absolute atomic E-state index is 14.0. The van der Waals surface area contributed by atoms with Gasteiger partial charge in [0.2, 0.25) is 11.8 Å². The summed E-state index contributed by atoms with van der Waals surface area (Å²) in [4.78, 5) is 30.5. The van der Waals surface area contributed by atoms with Crippen molar-refractivity contribution in [1.29, 1.82) is 0 Å². The molecule has 11 heteroatoms. The standard InChI is InChI=1S/C19H19F2N3O5S/c1-23(29-2)30(27,28)15-6-4-14(5-7-15)22-19(26)12-9-18(25)24(11-12)17-8-3-13(20)10-16(17)21/h3-8,10,12H,9,11H2,1-2H3,(H,22,26). The lowest BCUT2D eigenvalue weighted by Crippen LogP contribution is -2.28. The number of rotatable bonds is 6. The quantitative estimate of drug-likeness (QED) is 0.696. The molecule has 1 aliphatic heterocycles. The summed E-state index contributed by atoms with van der Waals surface area (Å²) in [5.41, 5.74) is 0.242. The Morgan fingerprint density at radius 3 is 2.47 bits per heavy atom. The van der Waals surface area contributed by atoms with Crippen molar-refractivity contribution in [2.75, 3.05) is 30.9 Å². The van der Waals surface area contributed by atoms with Gasteiger partial charge in [-0.1, -0.05) is 4.47 Å². The van der Waals surface area contributed by atoms with Crippen molar-refractivity contribution in [3.63, 3.8) is 0 Å². The topological polar surface area (TPSA) is 96.0 Å². The van der Waals surface area contributed by atoms with E-state index in [4.69, 9.17) is 4.84 Å². The van der Waals surface area contributed by atoms with Gasteiger partial charge in [-0.25, -0.2) is 17.2 Å². The zero-order valence-corrected chi connectivity index (χ0v) is 16.9. The fourth-order valence-electron chi connectivity index (χ4n) is 3.02. The Hall–Kier alpha value is -2.89. The summed E-state index contributed by atoms with van der Waals surface area (Å²) in [6.45, 7) is -0.0572. The van der Waals surface area contributed by atoms with Crippen molar-refractivity contribution < 1.29 is 31.6 Å². The minimum atomic E-state index is -3.82. The molecule has 1 atom stereocenters. The molecule has 1 fully saturated rings. The van der Waals surface area contributed by atoms with Gasteiger partial charge in [-0.05, 0) is 36.4 Å². The van der Waals surface area contributed by atoms with Crippen LogP contribution >= 0.6 is 0 Å². The van der Waals surface area contributed by atoms with Crippen molar-refractivity contribution in [1.82, 2.24) is 4.47 Å². The molecule has 0 bridgehead atoms. The molecule has 1 aliphatic rings. The second-order valence-corrected chi connectivity index (χ2v) is 8.55. The average molecular weight is 439 g/mol. The number of carbonyl (C=O) groups excluding carboxylic acids is 2. The molecule has 2 aromatic carbocycles. The summed E-state index contributed by atoms with van der Waals surface area (Å²) in [5, 5.41) is 2.61. The van der Waals surface area contributed by atoms with E-state index < -0.39 is 39.4 Å². The highest BCUT2D eigenvalue weighted by Gasteiger charge is 2.36. The van der Waals surface area contributed by atoms with Crippen LogP contribution in [0.25, 0.3) is 0 Å². The summed E-state index contributed by atoms with van der Waals surface area (Å²) in [5.74, 6) is -3.32. The number of hydrogen-bond donors (Lipinski definition) is 1. The molecule has 0 aliphatic carbocycles. The van der Waals surface area contributed by atoms with Crippen LogP contribution in [-0.2, 0) is 24.4 Å². The Morgan fingerprint density at radius 1 is 1.20 bits per heavy atom. The average Bonchev–Trinajstić information content (AvgIpc) is 3.09. The summed E-state index contributed by atoms with van der Waals surface area (Å²) in [6.07, 6.45) is -0.131. The number of benzene rings is 2. The second kappa shape index (κ2) is 8.46. The number of anilines is 2. The second-order valence-electron chi connectivity index (χ2n) is 6.61. The van der Waals surface area contributed by atoms with Crippen LogP contribution < -0.4 is 10.2 Å². The summed E-state index contributed by atoms with van der Waals surface area (Å²) in [7, 11) is -1.35. The Balaban J connectivity index is 1.69. The fourth-order valence-corrected chi connectivity index (χ4v) is 3.99. The van der Waals surface area contributed by atoms with Gasteiger partial charge in [-0.2, -0.15) is 0 Å². The highest BCUT2D eigenvalue weighted by atomic mass is 32.2. The van der Waals surface area contributed by atoms with Gasteiger partial charge in [-0.15, -0.1) is 0 Å². The molecule has 2 amide bonds. The normalized spacial score (nSPS) is 16.9. The molecule has 0 radical (unpaired) electrons. The molecular formula is C19H19F2N3O5S. The van der Waals surface area contributed by atoms with Gasteiger partial charge >= 0.3 is 0 Å². The minimum absolute atomic E-state index is 0.0288. The number of carbonyl (C=O) groups is 2. The van der Waals surface area contributed by atoms with Crippen molar-refractivity contribution >= 4 is 33.2 Å². The molecule has 30 heavy (non-hydrogen) atoms. The SMILES string of the molecule is CON(C)S(=O)(=O)c1ccc(NC(=O)C2CC(=O)N(c3ccc(F)cc3F)C2)cc1. The number of nitrogens with zero attached hydrogens (tertiary/aromatic N) is 2. The largest absolute Gasteiger partial charge is 0.326 e. The number of halogens is 2. The zero-order valence-electron chi connectivity index (χ0n) is 16.1.